The van der Waals surface area contributed by atoms with Crippen LogP contribution in [0.15, 0.2) is 47.7 Å². The van der Waals surface area contributed by atoms with Crippen LogP contribution < -0.4 is 10.9 Å². The minimum Gasteiger partial charge on any atom is -0.376 e. The first kappa shape index (κ1) is 18.6. The molecule has 3 N–H and O–H groups in total. The molecule has 1 aromatic heterocycles. The predicted octanol–water partition coefficient (Wildman–Crippen LogP) is 2.31. The Kier molecular flexibility index (Phi) is 4.84. The lowest BCUT2D eigenvalue weighted by atomic mass is 10.1. The van der Waals surface area contributed by atoms with Crippen molar-refractivity contribution in [1.29, 1.82) is 0 Å². The van der Waals surface area contributed by atoms with E-state index in [1.54, 1.807) is 12.4 Å². The molecule has 1 amide bonds. The Bertz CT molecular complexity index is 1210. The van der Waals surface area contributed by atoms with Gasteiger partial charge in [-0.2, -0.15) is 5.10 Å². The van der Waals surface area contributed by atoms with Crippen molar-refractivity contribution in [2.75, 3.05) is 13.2 Å². The number of fused-ring (bicyclic) bond motifs is 2. The maximum absolute atomic E-state index is 12.9. The summed E-state index contributed by atoms with van der Waals surface area (Å²) in [5.74, 6) is -0.243. The van der Waals surface area contributed by atoms with Crippen molar-refractivity contribution in [3.8, 4) is 11.3 Å². The van der Waals surface area contributed by atoms with E-state index >= 15 is 0 Å². The van der Waals surface area contributed by atoms with E-state index in [0.717, 1.165) is 35.9 Å². The molecule has 3 aliphatic rings. The summed E-state index contributed by atoms with van der Waals surface area (Å²) >= 11 is 0. The van der Waals surface area contributed by atoms with Crippen LogP contribution in [-0.2, 0) is 17.7 Å². The molecule has 1 fully saturated rings. The van der Waals surface area contributed by atoms with Crippen molar-refractivity contribution >= 4 is 16.8 Å². The molecule has 0 unspecified atom stereocenters. The number of amides is 1. The van der Waals surface area contributed by atoms with Crippen molar-refractivity contribution in [3.63, 3.8) is 0 Å². The lowest BCUT2D eigenvalue weighted by Crippen LogP contribution is -2.28. The lowest BCUT2D eigenvalue weighted by Gasteiger charge is -2.16. The van der Waals surface area contributed by atoms with Crippen LogP contribution in [0.25, 0.3) is 22.2 Å². The fourth-order valence-corrected chi connectivity index (χ4v) is 4.13. The highest BCUT2D eigenvalue weighted by atomic mass is 16.5. The summed E-state index contributed by atoms with van der Waals surface area (Å²) in [6.45, 7) is 1.85. The van der Waals surface area contributed by atoms with Gasteiger partial charge in [-0.3, -0.25) is 9.59 Å². The molecule has 1 aromatic carbocycles. The van der Waals surface area contributed by atoms with E-state index in [1.807, 2.05) is 29.0 Å². The number of nitrogens with zero attached hydrogens (tertiary/aromatic N) is 2. The van der Waals surface area contributed by atoms with E-state index in [0.29, 0.717) is 36.3 Å². The monoisotopic (exact) mass is 405 g/mol. The fraction of sp³-hybridized carbons (Fsp3) is 0.318. The van der Waals surface area contributed by atoms with Crippen LogP contribution in [0, 0.1) is 0 Å². The number of aromatic nitrogens is 4. The van der Waals surface area contributed by atoms with Crippen molar-refractivity contribution < 1.29 is 9.53 Å². The quantitative estimate of drug-likeness (QED) is 0.458. The molecule has 3 aliphatic heterocycles. The standard InChI is InChI=1S/C22H23N5O3/c28-21(23-8-7-14-10-24-19-6-2-1-5-16(14)19)17-12-27(11-15-4-3-9-30-15)13-18-20(17)25-26-22(18)29/h1-2,5-6,10,12-13,15,24H,3-4,7-9,11H2,(H,23,28)(H,26,29)/t15-/m1/s1. The highest BCUT2D eigenvalue weighted by Gasteiger charge is 2.23. The molecule has 30 heavy (non-hydrogen) atoms. The van der Waals surface area contributed by atoms with Gasteiger partial charge < -0.3 is 19.6 Å². The normalized spacial score (nSPS) is 16.5. The fourth-order valence-electron chi connectivity index (χ4n) is 4.13. The second-order valence-corrected chi connectivity index (χ2v) is 7.68. The number of rotatable bonds is 6. The molecule has 1 atom stereocenters. The van der Waals surface area contributed by atoms with Crippen molar-refractivity contribution in [3.05, 3.63) is 64.3 Å². The molecule has 0 radical (unpaired) electrons. The third kappa shape index (κ3) is 3.50. The summed E-state index contributed by atoms with van der Waals surface area (Å²) in [5.41, 5.74) is 3.14. The van der Waals surface area contributed by atoms with E-state index in [9.17, 15) is 9.59 Å². The van der Waals surface area contributed by atoms with E-state index in [4.69, 9.17) is 4.74 Å². The van der Waals surface area contributed by atoms with E-state index in [-0.39, 0.29) is 17.6 Å². The first-order chi connectivity index (χ1) is 14.7. The number of hydrogen-bond acceptors (Lipinski definition) is 4. The smallest absolute Gasteiger partial charge is 0.275 e. The molecule has 8 nitrogen and oxygen atoms in total. The molecular formula is C22H23N5O3. The number of H-pyrrole nitrogens is 2. The Labute approximate surface area is 172 Å². The van der Waals surface area contributed by atoms with Gasteiger partial charge in [-0.1, -0.05) is 18.2 Å². The second-order valence-electron chi connectivity index (χ2n) is 7.68. The molecule has 0 aliphatic carbocycles. The summed E-state index contributed by atoms with van der Waals surface area (Å²) < 4.78 is 7.56. The molecule has 2 aromatic rings. The van der Waals surface area contributed by atoms with Crippen molar-refractivity contribution in [2.45, 2.75) is 31.9 Å². The zero-order chi connectivity index (χ0) is 20.5. The van der Waals surface area contributed by atoms with Gasteiger partial charge in [0, 0.05) is 49.2 Å². The SMILES string of the molecule is O=C(NCCc1c[nH]c2ccccc12)c1cn(C[C@H]2CCCO2)cc2c(=O)[nH]nc1-2. The third-order valence-electron chi connectivity index (χ3n) is 5.65. The van der Waals surface area contributed by atoms with Gasteiger partial charge >= 0.3 is 0 Å². The number of hydrogen-bond donors (Lipinski definition) is 3. The molecule has 0 bridgehead atoms. The largest absolute Gasteiger partial charge is 0.376 e. The van der Waals surface area contributed by atoms with Crippen LogP contribution >= 0.6 is 0 Å². The van der Waals surface area contributed by atoms with E-state index < -0.39 is 0 Å². The predicted molar refractivity (Wildman–Crippen MR) is 113 cm³/mol. The van der Waals surface area contributed by atoms with Gasteiger partial charge in [0.15, 0.2) is 0 Å². The molecule has 8 heteroatoms. The maximum atomic E-state index is 12.9. The van der Waals surface area contributed by atoms with Crippen LogP contribution in [0.4, 0.5) is 0 Å². The Balaban J connectivity index is 1.33. The Morgan fingerprint density at radius 2 is 2.20 bits per heavy atom. The van der Waals surface area contributed by atoms with Gasteiger partial charge in [0.25, 0.3) is 11.5 Å². The zero-order valence-electron chi connectivity index (χ0n) is 16.5. The summed E-state index contributed by atoms with van der Waals surface area (Å²) in [6, 6.07) is 8.09. The van der Waals surface area contributed by atoms with Crippen molar-refractivity contribution in [1.82, 2.24) is 25.1 Å². The molecular weight excluding hydrogens is 382 g/mol. The third-order valence-corrected chi connectivity index (χ3v) is 5.65. The van der Waals surface area contributed by atoms with Gasteiger partial charge in [0.1, 0.15) is 5.69 Å². The molecule has 0 spiro atoms. The molecule has 4 heterocycles. The first-order valence-corrected chi connectivity index (χ1v) is 10.2. The van der Waals surface area contributed by atoms with Gasteiger partial charge in [-0.15, -0.1) is 0 Å². The summed E-state index contributed by atoms with van der Waals surface area (Å²) in [5, 5.41) is 10.6. The van der Waals surface area contributed by atoms with Crippen molar-refractivity contribution in [2.24, 2.45) is 0 Å². The minimum atomic E-state index is -0.292. The topological polar surface area (TPSA) is 105 Å². The molecule has 1 saturated heterocycles. The highest BCUT2D eigenvalue weighted by molar-refractivity contribution is 5.99. The number of carbonyl (C=O) groups excluding carboxylic acids is 1. The van der Waals surface area contributed by atoms with Crippen LogP contribution in [0.5, 0.6) is 0 Å². The van der Waals surface area contributed by atoms with Crippen LogP contribution in [0.1, 0.15) is 28.8 Å². The number of ether oxygens (including phenoxy) is 1. The van der Waals surface area contributed by atoms with E-state index in [1.165, 1.54) is 0 Å². The Hall–Kier alpha value is -3.39. The Morgan fingerprint density at radius 3 is 3.07 bits per heavy atom. The van der Waals surface area contributed by atoms with Gasteiger partial charge in [0.2, 0.25) is 0 Å². The molecule has 5 rings (SSSR count). The van der Waals surface area contributed by atoms with Gasteiger partial charge in [0.05, 0.1) is 17.2 Å². The molecule has 154 valence electrons. The maximum Gasteiger partial charge on any atom is 0.275 e. The van der Waals surface area contributed by atoms with E-state index in [2.05, 4.69) is 26.6 Å². The second kappa shape index (κ2) is 7.79. The average molecular weight is 405 g/mol. The zero-order valence-corrected chi connectivity index (χ0v) is 16.5. The summed E-state index contributed by atoms with van der Waals surface area (Å²) in [6.07, 6.45) is 8.29. The highest BCUT2D eigenvalue weighted by Crippen LogP contribution is 2.22. The average Bonchev–Trinajstić information content (AvgIpc) is 3.49. The number of carbonyl (C=O) groups is 1. The first-order valence-electron chi connectivity index (χ1n) is 10.2. The minimum absolute atomic E-state index is 0.104. The summed E-state index contributed by atoms with van der Waals surface area (Å²) in [4.78, 5) is 28.3. The number of benzene rings is 1. The lowest BCUT2D eigenvalue weighted by molar-refractivity contribution is 0.0937. The van der Waals surface area contributed by atoms with Crippen LogP contribution in [0.2, 0.25) is 0 Å². The Morgan fingerprint density at radius 1 is 1.30 bits per heavy atom. The number of nitrogens with one attached hydrogen (secondary N) is 3. The van der Waals surface area contributed by atoms with Gasteiger partial charge in [-0.05, 0) is 30.9 Å². The number of pyridine rings is 1. The number of para-hydroxylation sites is 1. The molecule has 0 saturated carbocycles. The van der Waals surface area contributed by atoms with Crippen LogP contribution in [-0.4, -0.2) is 44.9 Å². The van der Waals surface area contributed by atoms with Crippen LogP contribution in [0.3, 0.4) is 0 Å². The van der Waals surface area contributed by atoms with Gasteiger partial charge in [-0.25, -0.2) is 5.10 Å². The number of aromatic amines is 2. The summed E-state index contributed by atoms with van der Waals surface area (Å²) in [7, 11) is 0.